The average molecular weight is 294 g/mol. The monoisotopic (exact) mass is 294 g/mol. The van der Waals surface area contributed by atoms with Crippen molar-refractivity contribution in [3.8, 4) is 0 Å². The van der Waals surface area contributed by atoms with Crippen molar-refractivity contribution in [1.82, 2.24) is 19.7 Å². The minimum Gasteiger partial charge on any atom is -0.370 e. The van der Waals surface area contributed by atoms with Crippen LogP contribution in [-0.2, 0) is 19.5 Å². The SMILES string of the molecule is NC(=NCc1nnc2n1CCCCC2)N1CCSCC1. The molecule has 0 aliphatic carbocycles. The van der Waals surface area contributed by atoms with E-state index >= 15 is 0 Å². The molecule has 1 saturated heterocycles. The number of guanidine groups is 1. The Labute approximate surface area is 123 Å². The Morgan fingerprint density at radius 2 is 2.00 bits per heavy atom. The lowest BCUT2D eigenvalue weighted by molar-refractivity contribution is 0.455. The molecule has 6 nitrogen and oxygen atoms in total. The molecule has 2 aliphatic rings. The van der Waals surface area contributed by atoms with Crippen molar-refractivity contribution in [3.05, 3.63) is 11.6 Å². The van der Waals surface area contributed by atoms with Crippen LogP contribution in [0.1, 0.15) is 30.9 Å². The van der Waals surface area contributed by atoms with E-state index in [1.165, 1.54) is 19.3 Å². The molecule has 1 aromatic heterocycles. The quantitative estimate of drug-likeness (QED) is 0.647. The number of aromatic nitrogens is 3. The molecule has 0 amide bonds. The Bertz CT molecular complexity index is 477. The first kappa shape index (κ1) is 13.7. The fourth-order valence-electron chi connectivity index (χ4n) is 2.71. The predicted molar refractivity (Wildman–Crippen MR) is 81.8 cm³/mol. The number of aliphatic imine (C=N–C) groups is 1. The molecule has 1 aromatic rings. The molecule has 0 aromatic carbocycles. The highest BCUT2D eigenvalue weighted by molar-refractivity contribution is 7.99. The van der Waals surface area contributed by atoms with Gasteiger partial charge in [-0.05, 0) is 12.8 Å². The van der Waals surface area contributed by atoms with Gasteiger partial charge in [0.25, 0.3) is 0 Å². The zero-order chi connectivity index (χ0) is 13.8. The summed E-state index contributed by atoms with van der Waals surface area (Å²) in [7, 11) is 0. The van der Waals surface area contributed by atoms with Gasteiger partial charge >= 0.3 is 0 Å². The normalized spacial score (nSPS) is 20.6. The highest BCUT2D eigenvalue weighted by atomic mass is 32.2. The number of nitrogens with two attached hydrogens (primary N) is 1. The van der Waals surface area contributed by atoms with Gasteiger partial charge < -0.3 is 15.2 Å². The first-order valence-electron chi connectivity index (χ1n) is 7.38. The first-order valence-corrected chi connectivity index (χ1v) is 8.53. The molecule has 0 atom stereocenters. The lowest BCUT2D eigenvalue weighted by Crippen LogP contribution is -2.42. The molecule has 0 bridgehead atoms. The topological polar surface area (TPSA) is 72.3 Å². The fraction of sp³-hybridized carbons (Fsp3) is 0.769. The average Bonchev–Trinajstić information content (AvgIpc) is 2.72. The molecular formula is C13H22N6S. The van der Waals surface area contributed by atoms with E-state index in [0.29, 0.717) is 12.5 Å². The molecule has 2 N–H and O–H groups in total. The number of hydrogen-bond donors (Lipinski definition) is 1. The minimum absolute atomic E-state index is 0.544. The number of nitrogens with zero attached hydrogens (tertiary/aromatic N) is 5. The van der Waals surface area contributed by atoms with Crippen LogP contribution >= 0.6 is 11.8 Å². The molecule has 3 rings (SSSR count). The third-order valence-electron chi connectivity index (χ3n) is 3.90. The van der Waals surface area contributed by atoms with Crippen molar-refractivity contribution in [2.75, 3.05) is 24.6 Å². The summed E-state index contributed by atoms with van der Waals surface area (Å²) < 4.78 is 2.23. The van der Waals surface area contributed by atoms with Crippen LogP contribution in [0.25, 0.3) is 0 Å². The van der Waals surface area contributed by atoms with Crippen LogP contribution in [0.15, 0.2) is 4.99 Å². The Balaban J connectivity index is 1.67. The number of aryl methyl sites for hydroxylation is 1. The predicted octanol–water partition coefficient (Wildman–Crippen LogP) is 0.868. The molecule has 110 valence electrons. The van der Waals surface area contributed by atoms with E-state index in [2.05, 4.69) is 24.7 Å². The standard InChI is InChI=1S/C13H22N6S/c14-13(18-6-8-20-9-7-18)15-10-12-17-16-11-4-2-1-3-5-19(11)12/h1-10H2,(H2,14,15). The number of rotatable bonds is 2. The summed E-state index contributed by atoms with van der Waals surface area (Å²) in [5.41, 5.74) is 6.08. The Morgan fingerprint density at radius 1 is 1.15 bits per heavy atom. The summed E-state index contributed by atoms with van der Waals surface area (Å²) in [4.78, 5) is 6.68. The molecule has 0 saturated carbocycles. The number of hydrogen-bond acceptors (Lipinski definition) is 4. The van der Waals surface area contributed by atoms with Gasteiger partial charge in [0.15, 0.2) is 11.8 Å². The van der Waals surface area contributed by atoms with E-state index in [1.807, 2.05) is 11.8 Å². The number of fused-ring (bicyclic) bond motifs is 1. The zero-order valence-electron chi connectivity index (χ0n) is 11.8. The van der Waals surface area contributed by atoms with E-state index in [4.69, 9.17) is 5.73 Å². The minimum atomic E-state index is 0.544. The Hall–Kier alpha value is -1.24. The molecule has 3 heterocycles. The van der Waals surface area contributed by atoms with E-state index in [0.717, 1.165) is 49.2 Å². The highest BCUT2D eigenvalue weighted by Gasteiger charge is 2.15. The maximum absolute atomic E-state index is 6.08. The molecule has 2 aliphatic heterocycles. The van der Waals surface area contributed by atoms with Gasteiger partial charge in [0, 0.05) is 37.6 Å². The van der Waals surface area contributed by atoms with Crippen LogP contribution in [0.5, 0.6) is 0 Å². The van der Waals surface area contributed by atoms with Crippen LogP contribution < -0.4 is 5.73 Å². The van der Waals surface area contributed by atoms with Gasteiger partial charge in [-0.2, -0.15) is 11.8 Å². The van der Waals surface area contributed by atoms with E-state index in [1.54, 1.807) is 0 Å². The maximum atomic E-state index is 6.08. The molecule has 1 fully saturated rings. The van der Waals surface area contributed by atoms with Crippen LogP contribution in [0.3, 0.4) is 0 Å². The van der Waals surface area contributed by atoms with Gasteiger partial charge in [-0.1, -0.05) is 6.42 Å². The lowest BCUT2D eigenvalue weighted by atomic mass is 10.2. The third kappa shape index (κ3) is 3.08. The van der Waals surface area contributed by atoms with Crippen LogP contribution in [-0.4, -0.2) is 50.2 Å². The highest BCUT2D eigenvalue weighted by Crippen LogP contribution is 2.15. The molecule has 0 unspecified atom stereocenters. The summed E-state index contributed by atoms with van der Waals surface area (Å²) >= 11 is 1.97. The van der Waals surface area contributed by atoms with Gasteiger partial charge in [0.1, 0.15) is 12.4 Å². The summed E-state index contributed by atoms with van der Waals surface area (Å²) in [6.45, 7) is 3.56. The third-order valence-corrected chi connectivity index (χ3v) is 4.85. The van der Waals surface area contributed by atoms with Crippen LogP contribution in [0.4, 0.5) is 0 Å². The van der Waals surface area contributed by atoms with Crippen molar-refractivity contribution in [1.29, 1.82) is 0 Å². The molecule has 0 spiro atoms. The Morgan fingerprint density at radius 3 is 2.85 bits per heavy atom. The van der Waals surface area contributed by atoms with Crippen molar-refractivity contribution in [2.45, 2.75) is 38.8 Å². The number of thioether (sulfide) groups is 1. The van der Waals surface area contributed by atoms with Crippen molar-refractivity contribution in [2.24, 2.45) is 10.7 Å². The molecule has 7 heteroatoms. The van der Waals surface area contributed by atoms with E-state index in [-0.39, 0.29) is 0 Å². The summed E-state index contributed by atoms with van der Waals surface area (Å²) in [6, 6.07) is 0. The summed E-state index contributed by atoms with van der Waals surface area (Å²) in [5.74, 6) is 4.99. The van der Waals surface area contributed by atoms with Crippen molar-refractivity contribution >= 4 is 17.7 Å². The van der Waals surface area contributed by atoms with Crippen molar-refractivity contribution in [3.63, 3.8) is 0 Å². The lowest BCUT2D eigenvalue weighted by Gasteiger charge is -2.27. The van der Waals surface area contributed by atoms with Crippen molar-refractivity contribution < 1.29 is 0 Å². The smallest absolute Gasteiger partial charge is 0.191 e. The molecule has 20 heavy (non-hydrogen) atoms. The first-order chi connectivity index (χ1) is 9.84. The van der Waals surface area contributed by atoms with Gasteiger partial charge in [-0.15, -0.1) is 10.2 Å². The maximum Gasteiger partial charge on any atom is 0.191 e. The fourth-order valence-corrected chi connectivity index (χ4v) is 3.61. The van der Waals surface area contributed by atoms with E-state index in [9.17, 15) is 0 Å². The summed E-state index contributed by atoms with van der Waals surface area (Å²) in [5, 5.41) is 8.58. The van der Waals surface area contributed by atoms with Crippen LogP contribution in [0, 0.1) is 0 Å². The van der Waals surface area contributed by atoms with E-state index < -0.39 is 0 Å². The molecular weight excluding hydrogens is 272 g/mol. The largest absolute Gasteiger partial charge is 0.370 e. The van der Waals surface area contributed by atoms with Gasteiger partial charge in [-0.25, -0.2) is 4.99 Å². The van der Waals surface area contributed by atoms with Crippen LogP contribution in [0.2, 0.25) is 0 Å². The zero-order valence-corrected chi connectivity index (χ0v) is 12.6. The second-order valence-corrected chi connectivity index (χ2v) is 6.49. The molecule has 0 radical (unpaired) electrons. The summed E-state index contributed by atoms with van der Waals surface area (Å²) in [6.07, 6.45) is 4.74. The second-order valence-electron chi connectivity index (χ2n) is 5.27. The van der Waals surface area contributed by atoms with Gasteiger partial charge in [0.2, 0.25) is 0 Å². The van der Waals surface area contributed by atoms with Gasteiger partial charge in [-0.3, -0.25) is 0 Å². The second kappa shape index (κ2) is 6.47. The van der Waals surface area contributed by atoms with Gasteiger partial charge in [0.05, 0.1) is 0 Å². The Kier molecular flexibility index (Phi) is 4.44.